The normalized spacial score (nSPS) is 11.8. The van der Waals surface area contributed by atoms with Crippen LogP contribution in [0.5, 0.6) is 5.75 Å². The molecule has 0 aromatic heterocycles. The van der Waals surface area contributed by atoms with E-state index in [-0.39, 0.29) is 41.4 Å². The summed E-state index contributed by atoms with van der Waals surface area (Å²) in [5.41, 5.74) is 0.943. The van der Waals surface area contributed by atoms with Crippen LogP contribution in [-0.4, -0.2) is 35.9 Å². The Morgan fingerprint density at radius 1 is 1.14 bits per heavy atom. The molecule has 2 aromatic rings. The number of hydrogen-bond acceptors (Lipinski definition) is 3. The van der Waals surface area contributed by atoms with Crippen molar-refractivity contribution in [3.63, 3.8) is 0 Å². The molecule has 0 spiro atoms. The van der Waals surface area contributed by atoms with E-state index in [1.54, 1.807) is 26.2 Å². The maximum absolute atomic E-state index is 14.2. The van der Waals surface area contributed by atoms with E-state index in [9.17, 15) is 14.0 Å². The highest BCUT2D eigenvalue weighted by molar-refractivity contribution is 6.31. The van der Waals surface area contributed by atoms with Gasteiger partial charge in [-0.05, 0) is 50.6 Å². The van der Waals surface area contributed by atoms with Gasteiger partial charge in [-0.15, -0.1) is 0 Å². The molecule has 0 saturated heterocycles. The second-order valence-electron chi connectivity index (χ2n) is 7.09. The predicted molar refractivity (Wildman–Crippen MR) is 111 cm³/mol. The van der Waals surface area contributed by atoms with Crippen LogP contribution in [0, 0.1) is 5.82 Å². The van der Waals surface area contributed by atoms with Gasteiger partial charge >= 0.3 is 0 Å². The topological polar surface area (TPSA) is 58.6 Å². The summed E-state index contributed by atoms with van der Waals surface area (Å²) in [4.78, 5) is 27.1. The van der Waals surface area contributed by atoms with Crippen molar-refractivity contribution < 1.29 is 18.7 Å². The van der Waals surface area contributed by atoms with Gasteiger partial charge in [-0.1, -0.05) is 29.8 Å². The number of nitrogens with zero attached hydrogens (tertiary/aromatic N) is 1. The zero-order valence-electron chi connectivity index (χ0n) is 17.0. The minimum Gasteiger partial charge on any atom is -0.497 e. The average Bonchev–Trinajstić information content (AvgIpc) is 2.68. The number of halogens is 2. The van der Waals surface area contributed by atoms with Gasteiger partial charge in [-0.25, -0.2) is 4.39 Å². The van der Waals surface area contributed by atoms with E-state index in [1.165, 1.54) is 23.1 Å². The van der Waals surface area contributed by atoms with Gasteiger partial charge in [-0.2, -0.15) is 0 Å². The van der Waals surface area contributed by atoms with Gasteiger partial charge < -0.3 is 15.0 Å². The standard InChI is InChI=1S/C22H26ClFN2O3/c1-14(2)25-22(28)15(3)26(13-16-8-10-17(29-4)11-9-16)21(27)12-18-19(23)6-5-7-20(18)24/h5-11,14-15H,12-13H2,1-4H3,(H,25,28)/t15-/m0/s1. The zero-order chi connectivity index (χ0) is 21.6. The predicted octanol–water partition coefficient (Wildman–Crippen LogP) is 3.97. The van der Waals surface area contributed by atoms with E-state index < -0.39 is 11.9 Å². The van der Waals surface area contributed by atoms with Crippen LogP contribution in [0.25, 0.3) is 0 Å². The van der Waals surface area contributed by atoms with Crippen molar-refractivity contribution in [2.75, 3.05) is 7.11 Å². The molecule has 7 heteroatoms. The first-order valence-corrected chi connectivity index (χ1v) is 9.76. The van der Waals surface area contributed by atoms with E-state index >= 15 is 0 Å². The fourth-order valence-electron chi connectivity index (χ4n) is 2.87. The fraction of sp³-hybridized carbons (Fsp3) is 0.364. The van der Waals surface area contributed by atoms with Gasteiger partial charge in [0.15, 0.2) is 0 Å². The fourth-order valence-corrected chi connectivity index (χ4v) is 3.10. The largest absolute Gasteiger partial charge is 0.497 e. The minimum atomic E-state index is -0.738. The highest BCUT2D eigenvalue weighted by Gasteiger charge is 2.27. The Balaban J connectivity index is 2.29. The van der Waals surface area contributed by atoms with Crippen molar-refractivity contribution in [2.24, 2.45) is 0 Å². The Kier molecular flexibility index (Phi) is 8.02. The van der Waals surface area contributed by atoms with E-state index in [0.717, 1.165) is 5.56 Å². The molecule has 0 saturated carbocycles. The molecule has 0 aliphatic heterocycles. The second-order valence-corrected chi connectivity index (χ2v) is 7.49. The molecule has 156 valence electrons. The average molecular weight is 421 g/mol. The molecule has 29 heavy (non-hydrogen) atoms. The van der Waals surface area contributed by atoms with E-state index in [4.69, 9.17) is 16.3 Å². The van der Waals surface area contributed by atoms with Crippen LogP contribution in [0.3, 0.4) is 0 Å². The summed E-state index contributed by atoms with van der Waals surface area (Å²) in [5.74, 6) is -0.523. The summed E-state index contributed by atoms with van der Waals surface area (Å²) in [7, 11) is 1.57. The van der Waals surface area contributed by atoms with Crippen LogP contribution in [0.1, 0.15) is 31.9 Å². The van der Waals surface area contributed by atoms with Crippen LogP contribution < -0.4 is 10.1 Å². The summed E-state index contributed by atoms with van der Waals surface area (Å²) < 4.78 is 19.3. The number of methoxy groups -OCH3 is 1. The highest BCUT2D eigenvalue weighted by atomic mass is 35.5. The maximum Gasteiger partial charge on any atom is 0.242 e. The molecule has 0 aliphatic carbocycles. The van der Waals surface area contributed by atoms with Gasteiger partial charge in [0.05, 0.1) is 13.5 Å². The van der Waals surface area contributed by atoms with Gasteiger partial charge in [-0.3, -0.25) is 9.59 Å². The molecule has 0 aliphatic rings. The first kappa shape index (κ1) is 22.7. The molecular formula is C22H26ClFN2O3. The lowest BCUT2D eigenvalue weighted by Gasteiger charge is -2.29. The molecular weight excluding hydrogens is 395 g/mol. The first-order valence-electron chi connectivity index (χ1n) is 9.38. The Morgan fingerprint density at radius 2 is 1.79 bits per heavy atom. The van der Waals surface area contributed by atoms with Gasteiger partial charge in [0.1, 0.15) is 17.6 Å². The van der Waals surface area contributed by atoms with Crippen LogP contribution >= 0.6 is 11.6 Å². The summed E-state index contributed by atoms with van der Waals surface area (Å²) in [6, 6.07) is 10.7. The zero-order valence-corrected chi connectivity index (χ0v) is 17.8. The quantitative estimate of drug-likeness (QED) is 0.702. The van der Waals surface area contributed by atoms with Crippen molar-refractivity contribution in [3.05, 3.63) is 64.4 Å². The Morgan fingerprint density at radius 3 is 2.34 bits per heavy atom. The van der Waals surface area contributed by atoms with Crippen molar-refractivity contribution in [1.82, 2.24) is 10.2 Å². The Labute approximate surface area is 175 Å². The first-order chi connectivity index (χ1) is 13.7. The molecule has 2 aromatic carbocycles. The molecule has 0 radical (unpaired) electrons. The Hall–Kier alpha value is -2.60. The number of hydrogen-bond donors (Lipinski definition) is 1. The minimum absolute atomic E-state index is 0.0658. The van der Waals surface area contributed by atoms with Crippen molar-refractivity contribution in [1.29, 1.82) is 0 Å². The second kappa shape index (κ2) is 10.3. The van der Waals surface area contributed by atoms with Crippen LogP contribution in [-0.2, 0) is 22.6 Å². The monoisotopic (exact) mass is 420 g/mol. The third-order valence-electron chi connectivity index (χ3n) is 4.50. The van der Waals surface area contributed by atoms with Crippen molar-refractivity contribution in [3.8, 4) is 5.75 Å². The summed E-state index contributed by atoms with van der Waals surface area (Å²) in [6.45, 7) is 5.54. The molecule has 5 nitrogen and oxygen atoms in total. The number of carbonyl (C=O) groups excluding carboxylic acids is 2. The molecule has 0 heterocycles. The number of amides is 2. The third-order valence-corrected chi connectivity index (χ3v) is 4.85. The molecule has 2 rings (SSSR count). The molecule has 0 fully saturated rings. The number of nitrogens with one attached hydrogen (secondary N) is 1. The summed E-state index contributed by atoms with van der Waals surface area (Å²) >= 11 is 6.08. The molecule has 0 unspecified atom stereocenters. The van der Waals surface area contributed by atoms with Crippen molar-refractivity contribution >= 4 is 23.4 Å². The number of ether oxygens (including phenoxy) is 1. The van der Waals surface area contributed by atoms with Crippen LogP contribution in [0.2, 0.25) is 5.02 Å². The lowest BCUT2D eigenvalue weighted by Crippen LogP contribution is -2.49. The molecule has 2 amide bonds. The summed E-state index contributed by atoms with van der Waals surface area (Å²) in [6.07, 6.45) is -0.235. The molecule has 1 atom stereocenters. The third kappa shape index (κ3) is 6.19. The SMILES string of the molecule is COc1ccc(CN(C(=O)Cc2c(F)cccc2Cl)[C@@H](C)C(=O)NC(C)C)cc1. The smallest absolute Gasteiger partial charge is 0.242 e. The van der Waals surface area contributed by atoms with Gasteiger partial charge in [0.25, 0.3) is 0 Å². The maximum atomic E-state index is 14.2. The highest BCUT2D eigenvalue weighted by Crippen LogP contribution is 2.22. The van der Waals surface area contributed by atoms with E-state index in [0.29, 0.717) is 5.75 Å². The lowest BCUT2D eigenvalue weighted by molar-refractivity contribution is -0.140. The van der Waals surface area contributed by atoms with E-state index in [2.05, 4.69) is 5.32 Å². The van der Waals surface area contributed by atoms with Crippen LogP contribution in [0.15, 0.2) is 42.5 Å². The Bertz CT molecular complexity index is 835. The van der Waals surface area contributed by atoms with Gasteiger partial charge in [0, 0.05) is 23.2 Å². The van der Waals surface area contributed by atoms with Crippen LogP contribution in [0.4, 0.5) is 4.39 Å². The van der Waals surface area contributed by atoms with Gasteiger partial charge in [0.2, 0.25) is 11.8 Å². The molecule has 1 N–H and O–H groups in total. The number of benzene rings is 2. The number of rotatable bonds is 8. The lowest BCUT2D eigenvalue weighted by atomic mass is 10.1. The van der Waals surface area contributed by atoms with Crippen molar-refractivity contribution in [2.45, 2.75) is 45.8 Å². The number of carbonyl (C=O) groups is 2. The molecule has 0 bridgehead atoms. The van der Waals surface area contributed by atoms with E-state index in [1.807, 2.05) is 26.0 Å². The summed E-state index contributed by atoms with van der Waals surface area (Å²) in [5, 5.41) is 3.00.